The molecule has 2 nitrogen and oxygen atoms in total. The van der Waals surface area contributed by atoms with Crippen LogP contribution < -0.4 is 0 Å². The Bertz CT molecular complexity index is 612. The molecule has 4 heteroatoms. The second kappa shape index (κ2) is 7.62. The van der Waals surface area contributed by atoms with Gasteiger partial charge >= 0.3 is 0 Å². The highest BCUT2D eigenvalue weighted by atomic mass is 79.9. The zero-order valence-corrected chi connectivity index (χ0v) is 14.1. The van der Waals surface area contributed by atoms with Crippen molar-refractivity contribution in [3.8, 4) is 0 Å². The molecule has 0 saturated heterocycles. The lowest BCUT2D eigenvalue weighted by atomic mass is 10.1. The van der Waals surface area contributed by atoms with E-state index in [9.17, 15) is 4.79 Å². The molecule has 1 aromatic rings. The maximum atomic E-state index is 12.1. The fourth-order valence-electron chi connectivity index (χ4n) is 1.92. The maximum absolute atomic E-state index is 12.1. The van der Waals surface area contributed by atoms with E-state index in [4.69, 9.17) is 16.3 Å². The summed E-state index contributed by atoms with van der Waals surface area (Å²) in [6.45, 7) is 1.96. The number of halogens is 2. The summed E-state index contributed by atoms with van der Waals surface area (Å²) in [5, 5.41) is 0.600. The summed E-state index contributed by atoms with van der Waals surface area (Å²) in [5.41, 5.74) is 1.69. The van der Waals surface area contributed by atoms with Crippen LogP contribution in [-0.4, -0.2) is 12.4 Å². The number of Topliss-reactive ketones (excluding diaryl/α,β-unsaturated/α-hetero) is 1. The van der Waals surface area contributed by atoms with Crippen LogP contribution in [0.5, 0.6) is 0 Å². The Balaban J connectivity index is 2.05. The lowest BCUT2D eigenvalue weighted by Gasteiger charge is -2.13. The third-order valence-corrected chi connectivity index (χ3v) is 4.22. The Morgan fingerprint density at radius 3 is 2.76 bits per heavy atom. The Kier molecular flexibility index (Phi) is 5.83. The largest absolute Gasteiger partial charge is 0.484 e. The normalized spacial score (nSPS) is 15.3. The van der Waals surface area contributed by atoms with Crippen LogP contribution in [0.15, 0.2) is 63.3 Å². The van der Waals surface area contributed by atoms with E-state index < -0.39 is 0 Å². The molecule has 0 radical (unpaired) electrons. The molecular formula is C17H16BrClO2. The second-order valence-corrected chi connectivity index (χ2v) is 6.10. The number of carbonyl (C=O) groups is 1. The van der Waals surface area contributed by atoms with E-state index in [0.717, 1.165) is 22.9 Å². The predicted molar refractivity (Wildman–Crippen MR) is 89.4 cm³/mol. The van der Waals surface area contributed by atoms with E-state index in [1.807, 2.05) is 25.1 Å². The molecule has 0 spiro atoms. The molecule has 2 rings (SSSR count). The molecule has 0 fully saturated rings. The van der Waals surface area contributed by atoms with Gasteiger partial charge in [0.25, 0.3) is 0 Å². The number of benzene rings is 1. The molecule has 0 heterocycles. The van der Waals surface area contributed by atoms with Gasteiger partial charge in [-0.15, -0.1) is 0 Å². The third kappa shape index (κ3) is 4.58. The maximum Gasteiger partial charge on any atom is 0.200 e. The van der Waals surface area contributed by atoms with Crippen LogP contribution in [-0.2, 0) is 4.74 Å². The van der Waals surface area contributed by atoms with Gasteiger partial charge in [0, 0.05) is 10.0 Å². The van der Waals surface area contributed by atoms with Crippen molar-refractivity contribution in [3.05, 3.63) is 68.9 Å². The van der Waals surface area contributed by atoms with Gasteiger partial charge in [0.1, 0.15) is 5.76 Å². The third-order valence-electron chi connectivity index (χ3n) is 3.19. The molecule has 1 aliphatic carbocycles. The minimum Gasteiger partial charge on any atom is -0.484 e. The first-order valence-corrected chi connectivity index (χ1v) is 7.89. The smallest absolute Gasteiger partial charge is 0.200 e. The van der Waals surface area contributed by atoms with Gasteiger partial charge in [-0.25, -0.2) is 0 Å². The number of hydrogen-bond acceptors (Lipinski definition) is 2. The van der Waals surface area contributed by atoms with Crippen LogP contribution in [0.1, 0.15) is 30.1 Å². The first-order valence-electron chi connectivity index (χ1n) is 6.72. The summed E-state index contributed by atoms with van der Waals surface area (Å²) in [5.74, 6) is 0.479. The van der Waals surface area contributed by atoms with Gasteiger partial charge in [-0.05, 0) is 38.0 Å². The Hall–Kier alpha value is -1.32. The van der Waals surface area contributed by atoms with Crippen molar-refractivity contribution >= 4 is 33.3 Å². The summed E-state index contributed by atoms with van der Waals surface area (Å²) in [6, 6.07) is 7.21. The summed E-state index contributed by atoms with van der Waals surface area (Å²) >= 11 is 9.64. The van der Waals surface area contributed by atoms with Crippen molar-refractivity contribution in [1.82, 2.24) is 0 Å². The Morgan fingerprint density at radius 2 is 2.05 bits per heavy atom. The van der Waals surface area contributed by atoms with Crippen LogP contribution in [0, 0.1) is 0 Å². The second-order valence-electron chi connectivity index (χ2n) is 4.81. The van der Waals surface area contributed by atoms with Gasteiger partial charge in [-0.2, -0.15) is 0 Å². The highest BCUT2D eigenvalue weighted by Crippen LogP contribution is 2.25. The van der Waals surface area contributed by atoms with E-state index in [2.05, 4.69) is 22.0 Å². The molecular weight excluding hydrogens is 352 g/mol. The molecule has 0 amide bonds. The minimum absolute atomic E-state index is 0.0230. The molecule has 0 aliphatic heterocycles. The highest BCUT2D eigenvalue weighted by molar-refractivity contribution is 9.10. The van der Waals surface area contributed by atoms with Crippen LogP contribution in [0.4, 0.5) is 0 Å². The summed E-state index contributed by atoms with van der Waals surface area (Å²) in [6.07, 6.45) is 7.64. The SMILES string of the molecule is CC1=C(Cl)C(OCC(=O)c2ccc(Br)cc2)=CC=CCC1. The van der Waals surface area contributed by atoms with Gasteiger partial charge in [0.2, 0.25) is 0 Å². The van der Waals surface area contributed by atoms with Crippen molar-refractivity contribution in [2.45, 2.75) is 19.8 Å². The summed E-state index contributed by atoms with van der Waals surface area (Å²) in [4.78, 5) is 12.1. The number of rotatable bonds is 4. The average molecular weight is 368 g/mol. The van der Waals surface area contributed by atoms with Gasteiger partial charge in [0.05, 0.1) is 5.03 Å². The van der Waals surface area contributed by atoms with Gasteiger partial charge in [0.15, 0.2) is 12.4 Å². The average Bonchev–Trinajstić information content (AvgIpc) is 2.48. The van der Waals surface area contributed by atoms with E-state index in [1.54, 1.807) is 18.2 Å². The molecule has 21 heavy (non-hydrogen) atoms. The number of carbonyl (C=O) groups excluding carboxylic acids is 1. The molecule has 0 unspecified atom stereocenters. The molecule has 1 aliphatic rings. The lowest BCUT2D eigenvalue weighted by molar-refractivity contribution is 0.0869. The quantitative estimate of drug-likeness (QED) is 0.666. The van der Waals surface area contributed by atoms with Crippen LogP contribution >= 0.6 is 27.5 Å². The number of ketones is 1. The number of hydrogen-bond donors (Lipinski definition) is 0. The van der Waals surface area contributed by atoms with Crippen LogP contribution in [0.3, 0.4) is 0 Å². The zero-order chi connectivity index (χ0) is 15.2. The molecule has 0 N–H and O–H groups in total. The van der Waals surface area contributed by atoms with Gasteiger partial charge in [-0.3, -0.25) is 4.79 Å². The first kappa shape index (κ1) is 16.1. The molecule has 0 saturated carbocycles. The fraction of sp³-hybridized carbons (Fsp3) is 0.235. The van der Waals surface area contributed by atoms with Crippen LogP contribution in [0.25, 0.3) is 0 Å². The van der Waals surface area contributed by atoms with Crippen molar-refractivity contribution in [3.63, 3.8) is 0 Å². The van der Waals surface area contributed by atoms with E-state index >= 15 is 0 Å². The number of ether oxygens (including phenoxy) is 1. The van der Waals surface area contributed by atoms with Gasteiger partial charge < -0.3 is 4.74 Å². The highest BCUT2D eigenvalue weighted by Gasteiger charge is 2.12. The molecule has 110 valence electrons. The Morgan fingerprint density at radius 1 is 1.33 bits per heavy atom. The monoisotopic (exact) mass is 366 g/mol. The first-order chi connectivity index (χ1) is 10.1. The van der Waals surface area contributed by atoms with Crippen molar-refractivity contribution in [2.75, 3.05) is 6.61 Å². The molecule has 0 atom stereocenters. The van der Waals surface area contributed by atoms with Crippen molar-refractivity contribution < 1.29 is 9.53 Å². The molecule has 0 aromatic heterocycles. The van der Waals surface area contributed by atoms with Gasteiger partial charge in [-0.1, -0.05) is 57.4 Å². The zero-order valence-electron chi connectivity index (χ0n) is 11.7. The Labute approximate surface area is 138 Å². The predicted octanol–water partition coefficient (Wildman–Crippen LogP) is 5.40. The lowest BCUT2D eigenvalue weighted by Crippen LogP contribution is -2.09. The summed E-state index contributed by atoms with van der Waals surface area (Å²) < 4.78 is 6.55. The topological polar surface area (TPSA) is 26.3 Å². The standard InChI is InChI=1S/C17H16BrClO2/c1-12-5-3-2-4-6-16(17(12)19)21-11-15(20)13-7-9-14(18)10-8-13/h2,4,6-10H,3,5,11H2,1H3. The van der Waals surface area contributed by atoms with Crippen molar-refractivity contribution in [1.29, 1.82) is 0 Å². The summed E-state index contributed by atoms with van der Waals surface area (Å²) in [7, 11) is 0. The van der Waals surface area contributed by atoms with Crippen LogP contribution in [0.2, 0.25) is 0 Å². The van der Waals surface area contributed by atoms with E-state index in [0.29, 0.717) is 16.4 Å². The molecule has 1 aromatic carbocycles. The molecule has 0 bridgehead atoms. The fourth-order valence-corrected chi connectivity index (χ4v) is 2.39. The van der Waals surface area contributed by atoms with E-state index in [1.165, 1.54) is 0 Å². The number of allylic oxidation sites excluding steroid dienone is 5. The van der Waals surface area contributed by atoms with Crippen molar-refractivity contribution in [2.24, 2.45) is 0 Å². The van der Waals surface area contributed by atoms with E-state index in [-0.39, 0.29) is 12.4 Å². The minimum atomic E-state index is -0.0726.